The van der Waals surface area contributed by atoms with Crippen LogP contribution in [-0.2, 0) is 0 Å². The highest BCUT2D eigenvalue weighted by molar-refractivity contribution is 14.1. The minimum atomic E-state index is 0.540. The Morgan fingerprint density at radius 1 is 1.29 bits per heavy atom. The Morgan fingerprint density at radius 2 is 2.18 bits per heavy atom. The zero-order valence-electron chi connectivity index (χ0n) is 9.35. The molecule has 0 spiro atoms. The maximum atomic E-state index is 5.65. The van der Waals surface area contributed by atoms with E-state index in [1.807, 2.05) is 31.2 Å². The van der Waals surface area contributed by atoms with Crippen LogP contribution in [0.4, 0.5) is 5.82 Å². The van der Waals surface area contributed by atoms with Gasteiger partial charge in [-0.15, -0.1) is 0 Å². The highest BCUT2D eigenvalue weighted by atomic mass is 127. The first-order valence-corrected chi connectivity index (χ1v) is 6.35. The molecule has 17 heavy (non-hydrogen) atoms. The fraction of sp³-hybridized carbons (Fsp3) is 0.167. The van der Waals surface area contributed by atoms with E-state index in [0.717, 1.165) is 21.7 Å². The van der Waals surface area contributed by atoms with Crippen LogP contribution < -0.4 is 10.1 Å². The second-order valence-corrected chi connectivity index (χ2v) is 4.58. The molecule has 0 saturated heterocycles. The van der Waals surface area contributed by atoms with Crippen molar-refractivity contribution in [3.05, 3.63) is 40.2 Å². The predicted octanol–water partition coefficient (Wildman–Crippen LogP) is 3.31. The normalized spacial score (nSPS) is 10.0. The lowest BCUT2D eigenvalue weighted by molar-refractivity contribution is 0.461. The van der Waals surface area contributed by atoms with Crippen LogP contribution in [0.1, 0.15) is 6.92 Å². The summed E-state index contributed by atoms with van der Waals surface area (Å²) in [6.45, 7) is 2.84. The molecule has 1 aromatic carbocycles. The lowest BCUT2D eigenvalue weighted by Gasteiger charge is -2.06. The zero-order chi connectivity index (χ0) is 12.1. The van der Waals surface area contributed by atoms with E-state index in [1.54, 1.807) is 6.07 Å². The molecular formula is C12H12IN3O. The molecule has 0 aliphatic carbocycles. The summed E-state index contributed by atoms with van der Waals surface area (Å²) in [6.07, 6.45) is 1.49. The van der Waals surface area contributed by atoms with E-state index in [0.29, 0.717) is 5.88 Å². The Kier molecular flexibility index (Phi) is 4.13. The van der Waals surface area contributed by atoms with E-state index in [1.165, 1.54) is 6.33 Å². The third kappa shape index (κ3) is 3.55. The largest absolute Gasteiger partial charge is 0.439 e. The van der Waals surface area contributed by atoms with E-state index in [-0.39, 0.29) is 0 Å². The molecule has 1 heterocycles. The number of anilines is 1. The summed E-state index contributed by atoms with van der Waals surface area (Å²) >= 11 is 2.24. The Balaban J connectivity index is 2.15. The molecule has 0 bridgehead atoms. The molecule has 1 aromatic heterocycles. The molecule has 2 rings (SSSR count). The molecule has 5 heteroatoms. The van der Waals surface area contributed by atoms with Crippen molar-refractivity contribution < 1.29 is 4.74 Å². The third-order valence-corrected chi connectivity index (χ3v) is 2.69. The average Bonchev–Trinajstić information content (AvgIpc) is 2.30. The van der Waals surface area contributed by atoms with Gasteiger partial charge in [0, 0.05) is 16.2 Å². The van der Waals surface area contributed by atoms with Gasteiger partial charge >= 0.3 is 0 Å². The van der Waals surface area contributed by atoms with Crippen LogP contribution in [0.5, 0.6) is 11.6 Å². The molecule has 0 amide bonds. The number of hydrogen-bond donors (Lipinski definition) is 1. The minimum absolute atomic E-state index is 0.540. The molecule has 0 aliphatic rings. The number of rotatable bonds is 4. The van der Waals surface area contributed by atoms with Crippen molar-refractivity contribution in [3.63, 3.8) is 0 Å². The Bertz CT molecular complexity index is 505. The van der Waals surface area contributed by atoms with E-state index in [9.17, 15) is 0 Å². The quantitative estimate of drug-likeness (QED) is 0.867. The standard InChI is InChI=1S/C12H12IN3O/c1-2-14-11-7-12(16-8-15-11)17-10-5-3-4-9(13)6-10/h3-8H,2H2,1H3,(H,14,15,16). The van der Waals surface area contributed by atoms with Crippen LogP contribution in [-0.4, -0.2) is 16.5 Å². The summed E-state index contributed by atoms with van der Waals surface area (Å²) in [5.74, 6) is 2.08. The fourth-order valence-electron chi connectivity index (χ4n) is 1.32. The van der Waals surface area contributed by atoms with Gasteiger partial charge in [0.2, 0.25) is 5.88 Å². The molecule has 0 fully saturated rings. The monoisotopic (exact) mass is 341 g/mol. The molecule has 0 atom stereocenters. The van der Waals surface area contributed by atoms with Crippen molar-refractivity contribution in [3.8, 4) is 11.6 Å². The Labute approximate surface area is 114 Å². The number of nitrogens with zero attached hydrogens (tertiary/aromatic N) is 2. The van der Waals surface area contributed by atoms with E-state index >= 15 is 0 Å². The maximum absolute atomic E-state index is 5.65. The maximum Gasteiger partial charge on any atom is 0.224 e. The Hall–Kier alpha value is -1.37. The molecule has 0 saturated carbocycles. The molecule has 0 unspecified atom stereocenters. The van der Waals surface area contributed by atoms with Gasteiger partial charge in [-0.3, -0.25) is 0 Å². The summed E-state index contributed by atoms with van der Waals surface area (Å²) in [5, 5.41) is 3.11. The van der Waals surface area contributed by atoms with Gasteiger partial charge in [0.1, 0.15) is 17.9 Å². The summed E-state index contributed by atoms with van der Waals surface area (Å²) in [6, 6.07) is 9.59. The van der Waals surface area contributed by atoms with Gasteiger partial charge in [-0.1, -0.05) is 6.07 Å². The molecule has 2 aromatic rings. The highest BCUT2D eigenvalue weighted by Crippen LogP contribution is 2.22. The van der Waals surface area contributed by atoms with E-state index < -0.39 is 0 Å². The van der Waals surface area contributed by atoms with Crippen LogP contribution in [0.15, 0.2) is 36.7 Å². The second-order valence-electron chi connectivity index (χ2n) is 3.33. The van der Waals surface area contributed by atoms with Crippen molar-refractivity contribution in [2.75, 3.05) is 11.9 Å². The van der Waals surface area contributed by atoms with Gasteiger partial charge in [-0.05, 0) is 47.7 Å². The Morgan fingerprint density at radius 3 is 2.94 bits per heavy atom. The third-order valence-electron chi connectivity index (χ3n) is 2.02. The zero-order valence-corrected chi connectivity index (χ0v) is 11.5. The average molecular weight is 341 g/mol. The van der Waals surface area contributed by atoms with Crippen LogP contribution >= 0.6 is 22.6 Å². The summed E-state index contributed by atoms with van der Waals surface area (Å²) in [5.41, 5.74) is 0. The van der Waals surface area contributed by atoms with Crippen molar-refractivity contribution >= 4 is 28.4 Å². The number of nitrogens with one attached hydrogen (secondary N) is 1. The fourth-order valence-corrected chi connectivity index (χ4v) is 1.84. The van der Waals surface area contributed by atoms with Crippen LogP contribution in [0.25, 0.3) is 0 Å². The number of halogens is 1. The van der Waals surface area contributed by atoms with Crippen LogP contribution in [0, 0.1) is 3.57 Å². The topological polar surface area (TPSA) is 47.0 Å². The molecule has 0 aliphatic heterocycles. The number of ether oxygens (including phenoxy) is 1. The van der Waals surface area contributed by atoms with Gasteiger partial charge < -0.3 is 10.1 Å². The molecule has 1 N–H and O–H groups in total. The van der Waals surface area contributed by atoms with Gasteiger partial charge in [0.05, 0.1) is 0 Å². The number of hydrogen-bond acceptors (Lipinski definition) is 4. The molecular weight excluding hydrogens is 329 g/mol. The van der Waals surface area contributed by atoms with Crippen molar-refractivity contribution in [1.29, 1.82) is 0 Å². The SMILES string of the molecule is CCNc1cc(Oc2cccc(I)c2)ncn1. The number of benzene rings is 1. The summed E-state index contributed by atoms with van der Waals surface area (Å²) in [7, 11) is 0. The van der Waals surface area contributed by atoms with Crippen molar-refractivity contribution in [2.24, 2.45) is 0 Å². The summed E-state index contributed by atoms with van der Waals surface area (Å²) < 4.78 is 6.78. The first-order chi connectivity index (χ1) is 8.28. The van der Waals surface area contributed by atoms with Crippen molar-refractivity contribution in [2.45, 2.75) is 6.92 Å². The number of aromatic nitrogens is 2. The lowest BCUT2D eigenvalue weighted by Crippen LogP contribution is -2.00. The summed E-state index contributed by atoms with van der Waals surface area (Å²) in [4.78, 5) is 8.16. The van der Waals surface area contributed by atoms with Crippen LogP contribution in [0.2, 0.25) is 0 Å². The van der Waals surface area contributed by atoms with Gasteiger partial charge in [-0.2, -0.15) is 0 Å². The van der Waals surface area contributed by atoms with E-state index in [2.05, 4.69) is 37.9 Å². The van der Waals surface area contributed by atoms with Gasteiger partial charge in [-0.25, -0.2) is 9.97 Å². The van der Waals surface area contributed by atoms with E-state index in [4.69, 9.17) is 4.74 Å². The predicted molar refractivity (Wildman–Crippen MR) is 75.4 cm³/mol. The van der Waals surface area contributed by atoms with Crippen LogP contribution in [0.3, 0.4) is 0 Å². The minimum Gasteiger partial charge on any atom is -0.439 e. The first kappa shape index (κ1) is 12.1. The van der Waals surface area contributed by atoms with Crippen molar-refractivity contribution in [1.82, 2.24) is 9.97 Å². The van der Waals surface area contributed by atoms with Gasteiger partial charge in [0.15, 0.2) is 0 Å². The van der Waals surface area contributed by atoms with Gasteiger partial charge in [0.25, 0.3) is 0 Å². The first-order valence-electron chi connectivity index (χ1n) is 5.27. The molecule has 4 nitrogen and oxygen atoms in total. The smallest absolute Gasteiger partial charge is 0.224 e. The molecule has 88 valence electrons. The lowest BCUT2D eigenvalue weighted by atomic mass is 10.3. The highest BCUT2D eigenvalue weighted by Gasteiger charge is 2.01. The molecule has 0 radical (unpaired) electrons. The second kappa shape index (κ2) is 5.81.